The molecule has 0 amide bonds. The van der Waals surface area contributed by atoms with Crippen molar-refractivity contribution >= 4 is 11.9 Å². The highest BCUT2D eigenvalue weighted by Gasteiger charge is 2.16. The van der Waals surface area contributed by atoms with E-state index in [-0.39, 0.29) is 25.2 Å². The molecule has 5 heteroatoms. The highest BCUT2D eigenvalue weighted by atomic mass is 16.6. The molecule has 0 bridgehead atoms. The van der Waals surface area contributed by atoms with E-state index in [2.05, 4.69) is 172 Å². The summed E-state index contributed by atoms with van der Waals surface area (Å²) >= 11 is 0. The van der Waals surface area contributed by atoms with Crippen LogP contribution in [0.5, 0.6) is 0 Å². The number of rotatable bonds is 43. The molecular formula is C59H90O5. The topological polar surface area (TPSA) is 72.8 Å². The molecule has 0 aromatic rings. The number of hydrogen-bond acceptors (Lipinski definition) is 5. The molecule has 0 aliphatic heterocycles. The van der Waals surface area contributed by atoms with Crippen LogP contribution >= 0.6 is 0 Å². The van der Waals surface area contributed by atoms with Gasteiger partial charge in [0, 0.05) is 12.8 Å². The molecule has 0 fully saturated rings. The van der Waals surface area contributed by atoms with E-state index in [9.17, 15) is 14.7 Å². The summed E-state index contributed by atoms with van der Waals surface area (Å²) in [5, 5.41) is 9.62. The minimum atomic E-state index is -0.808. The molecule has 0 aromatic carbocycles. The molecular weight excluding hydrogens is 789 g/mol. The lowest BCUT2D eigenvalue weighted by atomic mass is 10.1. The van der Waals surface area contributed by atoms with Gasteiger partial charge in [-0.25, -0.2) is 0 Å². The molecule has 1 N–H and O–H groups in total. The Balaban J connectivity index is 3.69. The van der Waals surface area contributed by atoms with Crippen molar-refractivity contribution in [3.8, 4) is 0 Å². The molecule has 0 saturated carbocycles. The second-order valence-corrected chi connectivity index (χ2v) is 15.8. The standard InChI is InChI=1S/C59H90O5/c1-3-5-7-9-11-13-15-17-19-21-23-24-25-26-27-28-29-30-31-32-33-34-36-38-40-42-44-46-48-50-52-54-59(62)64-57(55-60)56-63-58(61)53-51-49-47-45-43-41-39-37-35-22-20-18-16-14-12-10-8-6-4-2/h5-8,11-14,17-20,23-24,26-27,29-30,32-33,35-38,41,43,57,60H,3-4,9-10,15-16,21-22,25,28,31,34,39-40,42,44-56H2,1-2H3/b7-5-,8-6-,13-11-,14-12-,19-17-,20-18-,24-23-,27-26-,30-29-,33-32-,37-35-,38-36-,43-41-. The van der Waals surface area contributed by atoms with Crippen LogP contribution in [-0.2, 0) is 19.1 Å². The molecule has 5 nitrogen and oxygen atoms in total. The van der Waals surface area contributed by atoms with Gasteiger partial charge in [0.15, 0.2) is 6.10 Å². The summed E-state index contributed by atoms with van der Waals surface area (Å²) in [6.45, 7) is 3.85. The van der Waals surface area contributed by atoms with Gasteiger partial charge < -0.3 is 14.6 Å². The minimum Gasteiger partial charge on any atom is -0.462 e. The van der Waals surface area contributed by atoms with E-state index in [1.165, 1.54) is 12.8 Å². The van der Waals surface area contributed by atoms with Crippen LogP contribution in [0.2, 0.25) is 0 Å². The van der Waals surface area contributed by atoms with E-state index in [0.717, 1.165) is 141 Å². The SMILES string of the molecule is CC/C=C\C/C=C\C/C=C\C/C=C\C/C=C\C/C=C\C/C=C\C/C=C\CCCCCCCCC(=O)OC(CO)COC(=O)CCCCC/C=C\C/C=C\C/C=C\C/C=C\C/C=C\CC. The average Bonchev–Trinajstić information content (AvgIpc) is 3.30. The van der Waals surface area contributed by atoms with Gasteiger partial charge in [-0.1, -0.05) is 204 Å². The lowest BCUT2D eigenvalue weighted by molar-refractivity contribution is -0.161. The number of esters is 2. The second-order valence-electron chi connectivity index (χ2n) is 15.8. The first-order valence-corrected chi connectivity index (χ1v) is 25.0. The van der Waals surface area contributed by atoms with E-state index < -0.39 is 6.10 Å². The number of unbranched alkanes of at least 4 members (excludes halogenated alkanes) is 9. The summed E-state index contributed by atoms with van der Waals surface area (Å²) in [7, 11) is 0. The van der Waals surface area contributed by atoms with Crippen molar-refractivity contribution in [2.45, 2.75) is 187 Å². The fraction of sp³-hybridized carbons (Fsp3) is 0.525. The van der Waals surface area contributed by atoms with Gasteiger partial charge >= 0.3 is 11.9 Å². The van der Waals surface area contributed by atoms with Crippen molar-refractivity contribution in [2.24, 2.45) is 0 Å². The van der Waals surface area contributed by atoms with Gasteiger partial charge in [-0.2, -0.15) is 0 Å². The van der Waals surface area contributed by atoms with Gasteiger partial charge in [0.05, 0.1) is 6.61 Å². The lowest BCUT2D eigenvalue weighted by Gasteiger charge is -2.15. The number of aliphatic hydroxyl groups is 1. The molecule has 0 rings (SSSR count). The van der Waals surface area contributed by atoms with Crippen LogP contribution < -0.4 is 0 Å². The van der Waals surface area contributed by atoms with E-state index in [1.807, 2.05) is 0 Å². The summed E-state index contributed by atoms with van der Waals surface area (Å²) in [5.74, 6) is -0.661. The maximum Gasteiger partial charge on any atom is 0.306 e. The highest BCUT2D eigenvalue weighted by molar-refractivity contribution is 5.70. The quantitative estimate of drug-likeness (QED) is 0.0375. The average molecular weight is 879 g/mol. The lowest BCUT2D eigenvalue weighted by Crippen LogP contribution is -2.28. The van der Waals surface area contributed by atoms with Gasteiger partial charge in [-0.3, -0.25) is 9.59 Å². The van der Waals surface area contributed by atoms with Crippen LogP contribution in [0.1, 0.15) is 181 Å². The van der Waals surface area contributed by atoms with E-state index in [1.54, 1.807) is 0 Å². The van der Waals surface area contributed by atoms with Crippen molar-refractivity contribution in [3.63, 3.8) is 0 Å². The van der Waals surface area contributed by atoms with Crippen molar-refractivity contribution in [1.29, 1.82) is 0 Å². The van der Waals surface area contributed by atoms with Gasteiger partial charge in [0.1, 0.15) is 6.61 Å². The Kier molecular flexibility index (Phi) is 49.2. The molecule has 0 heterocycles. The first-order valence-electron chi connectivity index (χ1n) is 25.0. The zero-order valence-corrected chi connectivity index (χ0v) is 40.5. The Labute approximate surface area is 392 Å². The third kappa shape index (κ3) is 50.2. The minimum absolute atomic E-state index is 0.101. The normalized spacial score (nSPS) is 13.6. The Morgan fingerprint density at radius 3 is 0.953 bits per heavy atom. The molecule has 64 heavy (non-hydrogen) atoms. The number of carbonyl (C=O) groups excluding carboxylic acids is 2. The fourth-order valence-corrected chi connectivity index (χ4v) is 6.12. The molecule has 1 atom stereocenters. The summed E-state index contributed by atoms with van der Waals surface area (Å²) in [4.78, 5) is 24.4. The van der Waals surface area contributed by atoms with Crippen LogP contribution in [0.25, 0.3) is 0 Å². The molecule has 0 aliphatic carbocycles. The molecule has 356 valence electrons. The highest BCUT2D eigenvalue weighted by Crippen LogP contribution is 2.11. The number of hydrogen-bond donors (Lipinski definition) is 1. The first kappa shape index (κ1) is 59.5. The zero-order chi connectivity index (χ0) is 46.3. The predicted molar refractivity (Wildman–Crippen MR) is 278 cm³/mol. The summed E-state index contributed by atoms with van der Waals surface area (Å²) in [6, 6.07) is 0. The Morgan fingerprint density at radius 2 is 0.625 bits per heavy atom. The van der Waals surface area contributed by atoms with Crippen LogP contribution in [-0.4, -0.2) is 36.4 Å². The maximum absolute atomic E-state index is 12.3. The molecule has 0 spiro atoms. The Morgan fingerprint density at radius 1 is 0.359 bits per heavy atom. The Bertz CT molecular complexity index is 1460. The molecule has 0 saturated heterocycles. The van der Waals surface area contributed by atoms with Crippen molar-refractivity contribution in [2.75, 3.05) is 13.2 Å². The van der Waals surface area contributed by atoms with Crippen LogP contribution in [0.4, 0.5) is 0 Å². The smallest absolute Gasteiger partial charge is 0.306 e. The number of ether oxygens (including phenoxy) is 2. The third-order valence-electron chi connectivity index (χ3n) is 9.82. The summed E-state index contributed by atoms with van der Waals surface area (Å²) in [5.41, 5.74) is 0. The summed E-state index contributed by atoms with van der Waals surface area (Å²) < 4.78 is 10.6. The van der Waals surface area contributed by atoms with Crippen molar-refractivity contribution < 1.29 is 24.2 Å². The first-order chi connectivity index (χ1) is 31.6. The number of allylic oxidation sites excluding steroid dienone is 26. The van der Waals surface area contributed by atoms with Crippen LogP contribution in [0.3, 0.4) is 0 Å². The molecule has 1 unspecified atom stereocenters. The maximum atomic E-state index is 12.3. The van der Waals surface area contributed by atoms with Crippen LogP contribution in [0.15, 0.2) is 158 Å². The van der Waals surface area contributed by atoms with Gasteiger partial charge in [-0.15, -0.1) is 0 Å². The molecule has 0 aliphatic rings. The van der Waals surface area contributed by atoms with Crippen molar-refractivity contribution in [1.82, 2.24) is 0 Å². The third-order valence-corrected chi connectivity index (χ3v) is 9.82. The molecule has 0 aromatic heterocycles. The monoisotopic (exact) mass is 879 g/mol. The van der Waals surface area contributed by atoms with Gasteiger partial charge in [-0.05, 0) is 122 Å². The van der Waals surface area contributed by atoms with E-state index >= 15 is 0 Å². The van der Waals surface area contributed by atoms with Crippen molar-refractivity contribution in [3.05, 3.63) is 158 Å². The number of carbonyl (C=O) groups is 2. The fourth-order valence-electron chi connectivity index (χ4n) is 6.12. The molecule has 0 radical (unpaired) electrons. The zero-order valence-electron chi connectivity index (χ0n) is 40.5. The van der Waals surface area contributed by atoms with Crippen LogP contribution in [0, 0.1) is 0 Å². The van der Waals surface area contributed by atoms with E-state index in [0.29, 0.717) is 12.8 Å². The van der Waals surface area contributed by atoms with E-state index in [4.69, 9.17) is 9.47 Å². The second kappa shape index (κ2) is 52.9. The largest absolute Gasteiger partial charge is 0.462 e. The van der Waals surface area contributed by atoms with Gasteiger partial charge in [0.2, 0.25) is 0 Å². The summed E-state index contributed by atoms with van der Waals surface area (Å²) in [6.07, 6.45) is 81.8. The Hall–Kier alpha value is -4.48. The van der Waals surface area contributed by atoms with Gasteiger partial charge in [0.25, 0.3) is 0 Å². The predicted octanol–water partition coefficient (Wildman–Crippen LogP) is 16.8. The number of aliphatic hydroxyl groups excluding tert-OH is 1.